The summed E-state index contributed by atoms with van der Waals surface area (Å²) in [6.07, 6.45) is 4.99. The van der Waals surface area contributed by atoms with Gasteiger partial charge in [-0.25, -0.2) is 0 Å². The van der Waals surface area contributed by atoms with Gasteiger partial charge in [0.2, 0.25) is 5.91 Å². The first kappa shape index (κ1) is 16.9. The SMILES string of the molecule is C[C@H]1CCCC[C@@H]1NC(=O)CN1CCN(Cc2cccs2)CC1. The van der Waals surface area contributed by atoms with Crippen LogP contribution in [0.3, 0.4) is 0 Å². The standard InChI is InChI=1S/C18H29N3OS/c1-15-5-2-3-7-17(15)19-18(22)14-21-10-8-20(9-11-21)13-16-6-4-12-23-16/h4,6,12,15,17H,2-3,5,7-11,13-14H2,1H3,(H,19,22)/t15-,17-/m0/s1. The topological polar surface area (TPSA) is 35.6 Å². The molecule has 1 aliphatic heterocycles. The van der Waals surface area contributed by atoms with E-state index in [-0.39, 0.29) is 5.91 Å². The number of nitrogens with zero attached hydrogens (tertiary/aromatic N) is 2. The van der Waals surface area contributed by atoms with Crippen molar-refractivity contribution in [2.45, 2.75) is 45.2 Å². The number of piperazine rings is 1. The number of rotatable bonds is 5. The van der Waals surface area contributed by atoms with Crippen molar-refractivity contribution in [2.24, 2.45) is 5.92 Å². The van der Waals surface area contributed by atoms with E-state index in [9.17, 15) is 4.79 Å². The molecule has 1 aliphatic carbocycles. The summed E-state index contributed by atoms with van der Waals surface area (Å²) in [5.41, 5.74) is 0. The van der Waals surface area contributed by atoms with Crippen molar-refractivity contribution in [3.63, 3.8) is 0 Å². The zero-order valence-electron chi connectivity index (χ0n) is 14.2. The number of thiophene rings is 1. The van der Waals surface area contributed by atoms with E-state index in [0.29, 0.717) is 18.5 Å². The number of nitrogens with one attached hydrogen (secondary N) is 1. The third kappa shape index (κ3) is 5.03. The summed E-state index contributed by atoms with van der Waals surface area (Å²) in [6.45, 7) is 8.01. The van der Waals surface area contributed by atoms with Crippen LogP contribution in [0.1, 0.15) is 37.5 Å². The van der Waals surface area contributed by atoms with Gasteiger partial charge in [-0.2, -0.15) is 0 Å². The van der Waals surface area contributed by atoms with Crippen molar-refractivity contribution in [3.8, 4) is 0 Å². The Morgan fingerprint density at radius 1 is 1.22 bits per heavy atom. The molecule has 23 heavy (non-hydrogen) atoms. The van der Waals surface area contributed by atoms with Crippen LogP contribution >= 0.6 is 11.3 Å². The fourth-order valence-corrected chi connectivity index (χ4v) is 4.46. The molecule has 4 nitrogen and oxygen atoms in total. The summed E-state index contributed by atoms with van der Waals surface area (Å²) in [7, 11) is 0. The summed E-state index contributed by atoms with van der Waals surface area (Å²) >= 11 is 1.83. The molecule has 3 rings (SSSR count). The molecule has 0 bridgehead atoms. The van der Waals surface area contributed by atoms with Crippen LogP contribution in [0, 0.1) is 5.92 Å². The summed E-state index contributed by atoms with van der Waals surface area (Å²) in [5, 5.41) is 5.41. The third-order valence-electron chi connectivity index (χ3n) is 5.25. The van der Waals surface area contributed by atoms with Crippen molar-refractivity contribution in [1.82, 2.24) is 15.1 Å². The Morgan fingerprint density at radius 2 is 1.96 bits per heavy atom. The highest BCUT2D eigenvalue weighted by molar-refractivity contribution is 7.09. The summed E-state index contributed by atoms with van der Waals surface area (Å²) in [6, 6.07) is 4.72. The first-order valence-electron chi connectivity index (χ1n) is 8.97. The van der Waals surface area contributed by atoms with Crippen LogP contribution in [0.4, 0.5) is 0 Å². The summed E-state index contributed by atoms with van der Waals surface area (Å²) in [5.74, 6) is 0.853. The molecule has 1 saturated carbocycles. The molecule has 1 amide bonds. The van der Waals surface area contributed by atoms with Gasteiger partial charge in [0.05, 0.1) is 6.54 Å². The van der Waals surface area contributed by atoms with Crippen molar-refractivity contribution in [1.29, 1.82) is 0 Å². The fraction of sp³-hybridized carbons (Fsp3) is 0.722. The van der Waals surface area contributed by atoms with Crippen molar-refractivity contribution < 1.29 is 4.79 Å². The molecule has 5 heteroatoms. The Kier molecular flexibility index (Phi) is 6.08. The molecule has 0 spiro atoms. The molecular weight excluding hydrogens is 306 g/mol. The molecule has 1 aromatic heterocycles. The number of carbonyl (C=O) groups excluding carboxylic acids is 1. The van der Waals surface area contributed by atoms with Gasteiger partial charge < -0.3 is 5.32 Å². The van der Waals surface area contributed by atoms with E-state index in [1.807, 2.05) is 11.3 Å². The number of hydrogen-bond acceptors (Lipinski definition) is 4. The zero-order valence-corrected chi connectivity index (χ0v) is 15.0. The Balaban J connectivity index is 1.37. The minimum absolute atomic E-state index is 0.218. The van der Waals surface area contributed by atoms with Crippen LogP contribution in [-0.2, 0) is 11.3 Å². The van der Waals surface area contributed by atoms with Gasteiger partial charge in [-0.05, 0) is 30.2 Å². The van der Waals surface area contributed by atoms with E-state index >= 15 is 0 Å². The lowest BCUT2D eigenvalue weighted by atomic mass is 9.86. The first-order chi connectivity index (χ1) is 11.2. The lowest BCUT2D eigenvalue weighted by molar-refractivity contribution is -0.124. The Morgan fingerprint density at radius 3 is 2.65 bits per heavy atom. The minimum Gasteiger partial charge on any atom is -0.352 e. The van der Waals surface area contributed by atoms with Gasteiger partial charge in [0.25, 0.3) is 0 Å². The lowest BCUT2D eigenvalue weighted by Gasteiger charge is -2.35. The maximum atomic E-state index is 12.3. The van der Waals surface area contributed by atoms with Gasteiger partial charge in [0.1, 0.15) is 0 Å². The van der Waals surface area contributed by atoms with Crippen LogP contribution < -0.4 is 5.32 Å². The van der Waals surface area contributed by atoms with Crippen LogP contribution in [-0.4, -0.2) is 54.5 Å². The smallest absolute Gasteiger partial charge is 0.234 e. The maximum Gasteiger partial charge on any atom is 0.234 e. The van der Waals surface area contributed by atoms with Gasteiger partial charge in [-0.1, -0.05) is 25.8 Å². The zero-order chi connectivity index (χ0) is 16.1. The predicted molar refractivity (Wildman–Crippen MR) is 95.6 cm³/mol. The van der Waals surface area contributed by atoms with Crippen LogP contribution in [0.15, 0.2) is 17.5 Å². The molecule has 1 N–H and O–H groups in total. The molecule has 0 aromatic carbocycles. The van der Waals surface area contributed by atoms with E-state index in [1.54, 1.807) is 0 Å². The molecule has 1 aromatic rings. The number of amides is 1. The largest absolute Gasteiger partial charge is 0.352 e. The van der Waals surface area contributed by atoms with Gasteiger partial charge in [0, 0.05) is 43.6 Å². The van der Waals surface area contributed by atoms with Crippen molar-refractivity contribution in [2.75, 3.05) is 32.7 Å². The first-order valence-corrected chi connectivity index (χ1v) is 9.85. The highest BCUT2D eigenvalue weighted by Crippen LogP contribution is 2.23. The molecule has 128 valence electrons. The van der Waals surface area contributed by atoms with Crippen LogP contribution in [0.2, 0.25) is 0 Å². The average Bonchev–Trinajstić information content (AvgIpc) is 3.04. The average molecular weight is 336 g/mol. The van der Waals surface area contributed by atoms with Crippen LogP contribution in [0.25, 0.3) is 0 Å². The van der Waals surface area contributed by atoms with Gasteiger partial charge >= 0.3 is 0 Å². The van der Waals surface area contributed by atoms with E-state index in [0.717, 1.165) is 39.1 Å². The molecule has 2 fully saturated rings. The molecule has 2 heterocycles. The molecule has 1 saturated heterocycles. The fourth-order valence-electron chi connectivity index (χ4n) is 3.71. The van der Waals surface area contributed by atoms with Gasteiger partial charge in [-0.15, -0.1) is 11.3 Å². The second-order valence-corrected chi connectivity index (χ2v) is 8.10. The molecule has 2 aliphatic rings. The Labute approximate surface area is 143 Å². The number of carbonyl (C=O) groups is 1. The predicted octanol–water partition coefficient (Wildman–Crippen LogP) is 2.56. The molecular formula is C18H29N3OS. The maximum absolute atomic E-state index is 12.3. The van der Waals surface area contributed by atoms with E-state index < -0.39 is 0 Å². The summed E-state index contributed by atoms with van der Waals surface area (Å²) < 4.78 is 0. The number of hydrogen-bond donors (Lipinski definition) is 1. The van der Waals surface area contributed by atoms with E-state index in [4.69, 9.17) is 0 Å². The highest BCUT2D eigenvalue weighted by Gasteiger charge is 2.24. The van der Waals surface area contributed by atoms with E-state index in [1.165, 1.54) is 24.1 Å². The third-order valence-corrected chi connectivity index (χ3v) is 6.11. The minimum atomic E-state index is 0.218. The highest BCUT2D eigenvalue weighted by atomic mass is 32.1. The van der Waals surface area contributed by atoms with Gasteiger partial charge in [-0.3, -0.25) is 14.6 Å². The van der Waals surface area contributed by atoms with Crippen molar-refractivity contribution in [3.05, 3.63) is 22.4 Å². The van der Waals surface area contributed by atoms with Gasteiger partial charge in [0.15, 0.2) is 0 Å². The molecule has 0 radical (unpaired) electrons. The second-order valence-electron chi connectivity index (χ2n) is 7.07. The van der Waals surface area contributed by atoms with Crippen LogP contribution in [0.5, 0.6) is 0 Å². The van der Waals surface area contributed by atoms with Crippen molar-refractivity contribution >= 4 is 17.2 Å². The Hall–Kier alpha value is -0.910. The quantitative estimate of drug-likeness (QED) is 0.898. The molecule has 2 atom stereocenters. The Bertz CT molecular complexity index is 482. The second kappa shape index (κ2) is 8.27. The summed E-state index contributed by atoms with van der Waals surface area (Å²) in [4.78, 5) is 18.5. The monoisotopic (exact) mass is 335 g/mol. The van der Waals surface area contributed by atoms with E-state index in [2.05, 4.69) is 39.6 Å². The lowest BCUT2D eigenvalue weighted by Crippen LogP contribution is -2.51. The molecule has 0 unspecified atom stereocenters. The normalized spacial score (nSPS) is 27.0.